The summed E-state index contributed by atoms with van der Waals surface area (Å²) in [6.45, 7) is 4.84. The average molecular weight is 845 g/mol. The third-order valence-corrected chi connectivity index (χ3v) is 14.4. The van der Waals surface area contributed by atoms with E-state index in [4.69, 9.17) is 11.6 Å². The molecule has 2 nitrogen and oxygen atoms in total. The Kier molecular flexibility index (Phi) is 8.65. The molecular weight excluding hydrogens is 805 g/mol. The van der Waals surface area contributed by atoms with Crippen LogP contribution in [0.1, 0.15) is 23.1 Å². The summed E-state index contributed by atoms with van der Waals surface area (Å²) in [5.74, 6) is 0. The summed E-state index contributed by atoms with van der Waals surface area (Å²) >= 11 is 1.86. The minimum atomic E-state index is 0.630. The van der Waals surface area contributed by atoms with Crippen molar-refractivity contribution in [3.05, 3.63) is 247 Å². The predicted octanol–water partition coefficient (Wildman–Crippen LogP) is 17.2. The highest BCUT2D eigenvalue weighted by atomic mass is 32.1. The summed E-state index contributed by atoms with van der Waals surface area (Å²) in [4.78, 5) is 5.80. The van der Waals surface area contributed by atoms with Crippen molar-refractivity contribution in [3.8, 4) is 16.8 Å². The van der Waals surface area contributed by atoms with Gasteiger partial charge in [0.2, 0.25) is 0 Å². The van der Waals surface area contributed by atoms with Crippen molar-refractivity contribution in [2.24, 2.45) is 4.99 Å². The second-order valence-electron chi connectivity index (χ2n) is 17.1. The van der Waals surface area contributed by atoms with Crippen molar-refractivity contribution in [1.82, 2.24) is 4.57 Å². The van der Waals surface area contributed by atoms with Crippen LogP contribution in [0.4, 0.5) is 0 Å². The summed E-state index contributed by atoms with van der Waals surface area (Å²) in [5, 5.41) is 12.3. The van der Waals surface area contributed by atoms with Crippen LogP contribution in [0.15, 0.2) is 236 Å². The van der Waals surface area contributed by atoms with E-state index in [0.29, 0.717) is 6.42 Å². The monoisotopic (exact) mass is 844 g/mol. The van der Waals surface area contributed by atoms with Crippen LogP contribution in [0.2, 0.25) is 0 Å². The predicted molar refractivity (Wildman–Crippen MR) is 281 cm³/mol. The lowest BCUT2D eigenvalue weighted by molar-refractivity contribution is 1.17. The standard InChI is InChI=1S/C62H40N2S/c1-39-32-56(63-55(48-27-26-41-16-5-6-18-43(41)34-48)30-29-49(39)47-22-13-21-44(33-47)40-14-3-2-4-15-40)53-37-54-61(65-60-31-28-42-17-9-10-23-50(42)62(54)60)38-59(53)64-57-25-12-11-24-51(57)52-35-45-19-7-8-20-46(45)36-58(52)64/h2-29,31-38H,1,30H2/b49-29+,56-32-,63-55+. The summed E-state index contributed by atoms with van der Waals surface area (Å²) in [6, 6.07) is 75.3. The highest BCUT2D eigenvalue weighted by Crippen LogP contribution is 2.45. The number of aromatic nitrogens is 1. The number of allylic oxidation sites excluding steroid dienone is 4. The van der Waals surface area contributed by atoms with Crippen molar-refractivity contribution in [2.75, 3.05) is 0 Å². The van der Waals surface area contributed by atoms with Gasteiger partial charge in [-0.1, -0.05) is 170 Å². The van der Waals surface area contributed by atoms with Crippen LogP contribution < -0.4 is 0 Å². The van der Waals surface area contributed by atoms with Crippen LogP contribution in [0.25, 0.3) is 102 Å². The van der Waals surface area contributed by atoms with E-state index < -0.39 is 0 Å². The first-order valence-electron chi connectivity index (χ1n) is 22.3. The van der Waals surface area contributed by atoms with Gasteiger partial charge in [-0.25, -0.2) is 0 Å². The zero-order valence-electron chi connectivity index (χ0n) is 35.5. The highest BCUT2D eigenvalue weighted by molar-refractivity contribution is 7.26. The molecule has 1 aliphatic rings. The van der Waals surface area contributed by atoms with Gasteiger partial charge in [-0.15, -0.1) is 11.3 Å². The number of benzene rings is 10. The van der Waals surface area contributed by atoms with E-state index in [-0.39, 0.29) is 0 Å². The molecule has 0 radical (unpaired) electrons. The third-order valence-electron chi connectivity index (χ3n) is 13.3. The summed E-state index contributed by atoms with van der Waals surface area (Å²) in [5.41, 5.74) is 13.0. The number of hydrogen-bond donors (Lipinski definition) is 0. The van der Waals surface area contributed by atoms with Gasteiger partial charge in [0.25, 0.3) is 0 Å². The molecule has 3 heterocycles. The quantitative estimate of drug-likeness (QED) is 0.164. The van der Waals surface area contributed by atoms with E-state index >= 15 is 0 Å². The second-order valence-corrected chi connectivity index (χ2v) is 18.2. The van der Waals surface area contributed by atoms with Crippen LogP contribution in [-0.4, -0.2) is 10.3 Å². The fraction of sp³-hybridized carbons (Fsp3) is 0.0161. The normalized spacial score (nSPS) is 15.9. The number of rotatable bonds is 5. The van der Waals surface area contributed by atoms with E-state index in [9.17, 15) is 0 Å². The lowest BCUT2D eigenvalue weighted by Gasteiger charge is -2.20. The van der Waals surface area contributed by atoms with Crippen molar-refractivity contribution >= 4 is 103 Å². The molecule has 0 N–H and O–H groups in total. The number of fused-ring (bicyclic) bond motifs is 10. The van der Waals surface area contributed by atoms with E-state index in [1.165, 1.54) is 79.9 Å². The fourth-order valence-electron chi connectivity index (χ4n) is 10.2. The minimum Gasteiger partial charge on any atom is -0.308 e. The van der Waals surface area contributed by atoms with Crippen molar-refractivity contribution in [3.63, 3.8) is 0 Å². The zero-order valence-corrected chi connectivity index (χ0v) is 36.3. The Bertz CT molecular complexity index is 4040. The van der Waals surface area contributed by atoms with E-state index in [2.05, 4.69) is 223 Å². The summed E-state index contributed by atoms with van der Waals surface area (Å²) < 4.78 is 5.00. The van der Waals surface area contributed by atoms with Gasteiger partial charge in [-0.3, -0.25) is 4.99 Å². The molecule has 12 aromatic rings. The molecule has 0 saturated carbocycles. The van der Waals surface area contributed by atoms with Crippen LogP contribution in [0, 0.1) is 0 Å². The third kappa shape index (κ3) is 6.27. The lowest BCUT2D eigenvalue weighted by Crippen LogP contribution is -2.06. The van der Waals surface area contributed by atoms with Crippen molar-refractivity contribution < 1.29 is 0 Å². The number of hydrogen-bond acceptors (Lipinski definition) is 2. The molecule has 0 amide bonds. The Morgan fingerprint density at radius 3 is 1.97 bits per heavy atom. The summed E-state index contributed by atoms with van der Waals surface area (Å²) in [6.07, 6.45) is 5.20. The number of aliphatic imine (C=N–C) groups is 1. The van der Waals surface area contributed by atoms with Gasteiger partial charge in [-0.05, 0) is 120 Å². The SMILES string of the molecule is C=C1/C=C(c2cc3c(cc2-n2c4ccccc4c4cc5ccccc5cc42)sc2ccc4ccccc4c23)\N=C(\c2ccc3ccccc3c2)C/C=C\1c1cccc(-c2ccccc2)c1. The van der Waals surface area contributed by atoms with Crippen LogP contribution >= 0.6 is 11.3 Å². The molecule has 0 unspecified atom stereocenters. The number of thiophene rings is 1. The maximum absolute atomic E-state index is 5.80. The first-order chi connectivity index (χ1) is 32.1. The highest BCUT2D eigenvalue weighted by Gasteiger charge is 2.23. The molecular formula is C62H40N2S. The Labute approximate surface area is 380 Å². The molecule has 304 valence electrons. The maximum atomic E-state index is 5.80. The first kappa shape index (κ1) is 37.4. The van der Waals surface area contributed by atoms with Gasteiger partial charge in [0.05, 0.1) is 28.1 Å². The molecule has 1 aliphatic heterocycles. The molecule has 0 fully saturated rings. The largest absolute Gasteiger partial charge is 0.308 e. The van der Waals surface area contributed by atoms with Gasteiger partial charge in [0, 0.05) is 42.9 Å². The molecule has 65 heavy (non-hydrogen) atoms. The maximum Gasteiger partial charge on any atom is 0.0732 e. The molecule has 0 atom stereocenters. The van der Waals surface area contributed by atoms with E-state index in [1.807, 2.05) is 11.3 Å². The van der Waals surface area contributed by atoms with Crippen LogP contribution in [0.3, 0.4) is 0 Å². The Morgan fingerprint density at radius 2 is 1.12 bits per heavy atom. The molecule has 0 bridgehead atoms. The Hall–Kier alpha value is -8.11. The zero-order chi connectivity index (χ0) is 43.0. The molecule has 0 saturated heterocycles. The molecule has 2 aromatic heterocycles. The van der Waals surface area contributed by atoms with E-state index in [1.54, 1.807) is 0 Å². The second kappa shape index (κ2) is 15.0. The van der Waals surface area contributed by atoms with Gasteiger partial charge in [0.1, 0.15) is 0 Å². The van der Waals surface area contributed by atoms with Crippen molar-refractivity contribution in [1.29, 1.82) is 0 Å². The molecule has 0 spiro atoms. The van der Waals surface area contributed by atoms with Gasteiger partial charge >= 0.3 is 0 Å². The van der Waals surface area contributed by atoms with Gasteiger partial charge in [0.15, 0.2) is 0 Å². The topological polar surface area (TPSA) is 17.3 Å². The molecule has 10 aromatic carbocycles. The summed E-state index contributed by atoms with van der Waals surface area (Å²) in [7, 11) is 0. The Balaban J connectivity index is 1.12. The average Bonchev–Trinajstić information content (AvgIpc) is 3.89. The number of nitrogens with zero attached hydrogens (tertiary/aromatic N) is 2. The minimum absolute atomic E-state index is 0.630. The first-order valence-corrected chi connectivity index (χ1v) is 23.1. The smallest absolute Gasteiger partial charge is 0.0732 e. The van der Waals surface area contributed by atoms with Crippen LogP contribution in [-0.2, 0) is 0 Å². The van der Waals surface area contributed by atoms with Crippen LogP contribution in [0.5, 0.6) is 0 Å². The molecule has 3 heteroatoms. The molecule has 13 rings (SSSR count). The molecule has 0 aliphatic carbocycles. The van der Waals surface area contributed by atoms with Gasteiger partial charge in [-0.2, -0.15) is 0 Å². The fourth-order valence-corrected chi connectivity index (χ4v) is 11.3. The van der Waals surface area contributed by atoms with E-state index in [0.717, 1.165) is 50.4 Å². The lowest BCUT2D eigenvalue weighted by atomic mass is 9.91. The van der Waals surface area contributed by atoms with Gasteiger partial charge < -0.3 is 4.57 Å². The number of para-hydroxylation sites is 1. The van der Waals surface area contributed by atoms with Crippen molar-refractivity contribution in [2.45, 2.75) is 6.42 Å². The Morgan fingerprint density at radius 1 is 0.446 bits per heavy atom.